The highest BCUT2D eigenvalue weighted by Gasteiger charge is 2.26. The van der Waals surface area contributed by atoms with Gasteiger partial charge in [0, 0.05) is 35.3 Å². The van der Waals surface area contributed by atoms with Crippen molar-refractivity contribution in [2.75, 3.05) is 24.2 Å². The Bertz CT molecular complexity index is 531. The van der Waals surface area contributed by atoms with Crippen molar-refractivity contribution in [3.8, 4) is 0 Å². The quantitative estimate of drug-likeness (QED) is 0.870. The molecule has 2 rings (SSSR count). The zero-order valence-electron chi connectivity index (χ0n) is 12.8. The first-order chi connectivity index (χ1) is 9.97. The molecule has 21 heavy (non-hydrogen) atoms. The highest BCUT2D eigenvalue weighted by atomic mass is 32.2. The first-order valence-electron chi connectivity index (χ1n) is 7.26. The number of ketones is 1. The van der Waals surface area contributed by atoms with Gasteiger partial charge in [-0.3, -0.25) is 4.79 Å². The van der Waals surface area contributed by atoms with Crippen LogP contribution in [0.3, 0.4) is 0 Å². The molecule has 1 fully saturated rings. The van der Waals surface area contributed by atoms with Crippen molar-refractivity contribution >= 4 is 29.3 Å². The molecule has 1 aliphatic rings. The number of hydrogen-bond acceptors (Lipinski definition) is 3. The van der Waals surface area contributed by atoms with Crippen molar-refractivity contribution in [2.24, 2.45) is 5.92 Å². The number of anilines is 1. The summed E-state index contributed by atoms with van der Waals surface area (Å²) in [4.78, 5) is 25.6. The van der Waals surface area contributed by atoms with E-state index >= 15 is 0 Å². The minimum absolute atomic E-state index is 0.000318. The van der Waals surface area contributed by atoms with Gasteiger partial charge in [0.05, 0.1) is 0 Å². The molecule has 0 aromatic heterocycles. The van der Waals surface area contributed by atoms with E-state index in [0.717, 1.165) is 18.8 Å². The molecule has 5 heteroatoms. The largest absolute Gasteiger partial charge is 0.323 e. The average Bonchev–Trinajstić information content (AvgIpc) is 2.47. The van der Waals surface area contributed by atoms with Crippen LogP contribution in [0.2, 0.25) is 0 Å². The fourth-order valence-electron chi connectivity index (χ4n) is 2.28. The summed E-state index contributed by atoms with van der Waals surface area (Å²) >= 11 is 1.94. The van der Waals surface area contributed by atoms with Crippen LogP contribution in [-0.2, 0) is 0 Å². The maximum absolute atomic E-state index is 12.3. The lowest BCUT2D eigenvalue weighted by molar-refractivity contribution is 0.101. The number of Topliss-reactive ketones (excluding diaryl/α,β-unsaturated/α-hetero) is 1. The summed E-state index contributed by atoms with van der Waals surface area (Å²) in [5, 5.41) is 3.39. The number of amides is 2. The predicted molar refractivity (Wildman–Crippen MR) is 88.1 cm³/mol. The Morgan fingerprint density at radius 3 is 2.81 bits per heavy atom. The van der Waals surface area contributed by atoms with Gasteiger partial charge in [0.2, 0.25) is 0 Å². The molecule has 0 aliphatic carbocycles. The number of thioether (sulfide) groups is 1. The molecule has 1 N–H and O–H groups in total. The molecule has 1 heterocycles. The first kappa shape index (κ1) is 15.9. The summed E-state index contributed by atoms with van der Waals surface area (Å²) in [5.74, 6) is 1.54. The van der Waals surface area contributed by atoms with Gasteiger partial charge in [-0.2, -0.15) is 11.8 Å². The lowest BCUT2D eigenvalue weighted by atomic mass is 10.1. The standard InChI is InChI=1S/C16H22N2O2S/c1-11(2)15-10-18(7-8-21-15)16(20)17-14-6-4-5-13(9-14)12(3)19/h4-6,9,11,15H,7-8,10H2,1-3H3,(H,17,20). The zero-order valence-corrected chi connectivity index (χ0v) is 13.6. The Balaban J connectivity index is 2.01. The number of nitrogens with one attached hydrogen (secondary N) is 1. The van der Waals surface area contributed by atoms with Gasteiger partial charge in [-0.05, 0) is 25.0 Å². The monoisotopic (exact) mass is 306 g/mol. The van der Waals surface area contributed by atoms with Crippen LogP contribution in [0.15, 0.2) is 24.3 Å². The second-order valence-electron chi connectivity index (χ2n) is 5.67. The van der Waals surface area contributed by atoms with E-state index in [0.29, 0.717) is 22.4 Å². The van der Waals surface area contributed by atoms with Gasteiger partial charge < -0.3 is 10.2 Å². The zero-order chi connectivity index (χ0) is 15.4. The highest BCUT2D eigenvalue weighted by molar-refractivity contribution is 8.00. The molecule has 1 atom stereocenters. The van der Waals surface area contributed by atoms with E-state index in [2.05, 4.69) is 19.2 Å². The third kappa shape index (κ3) is 4.24. The van der Waals surface area contributed by atoms with E-state index in [9.17, 15) is 9.59 Å². The Hall–Kier alpha value is -1.49. The molecule has 1 aromatic carbocycles. The van der Waals surface area contributed by atoms with Crippen molar-refractivity contribution in [1.29, 1.82) is 0 Å². The summed E-state index contributed by atoms with van der Waals surface area (Å²) in [5.41, 5.74) is 1.29. The normalized spacial score (nSPS) is 18.7. The predicted octanol–water partition coefficient (Wildman–Crippen LogP) is 3.49. The van der Waals surface area contributed by atoms with Crippen LogP contribution in [0.5, 0.6) is 0 Å². The topological polar surface area (TPSA) is 49.4 Å². The van der Waals surface area contributed by atoms with E-state index in [4.69, 9.17) is 0 Å². The van der Waals surface area contributed by atoms with Gasteiger partial charge in [-0.1, -0.05) is 26.0 Å². The van der Waals surface area contributed by atoms with Gasteiger partial charge in [0.15, 0.2) is 5.78 Å². The summed E-state index contributed by atoms with van der Waals surface area (Å²) in [6, 6.07) is 6.99. The molecule has 114 valence electrons. The third-order valence-corrected chi connectivity index (χ3v) is 5.18. The molecule has 2 amide bonds. The van der Waals surface area contributed by atoms with Crippen LogP contribution in [-0.4, -0.2) is 40.8 Å². The molecule has 1 aromatic rings. The Labute approximate surface area is 130 Å². The van der Waals surface area contributed by atoms with Crippen LogP contribution in [0.4, 0.5) is 10.5 Å². The maximum Gasteiger partial charge on any atom is 0.321 e. The Kier molecular flexibility index (Phi) is 5.28. The van der Waals surface area contributed by atoms with Crippen molar-refractivity contribution in [1.82, 2.24) is 4.90 Å². The lowest BCUT2D eigenvalue weighted by Crippen LogP contribution is -2.45. The SMILES string of the molecule is CC(=O)c1cccc(NC(=O)N2CCSC(C(C)C)C2)c1. The highest BCUT2D eigenvalue weighted by Crippen LogP contribution is 2.25. The third-order valence-electron chi connectivity index (χ3n) is 3.64. The van der Waals surface area contributed by atoms with Crippen LogP contribution in [0, 0.1) is 5.92 Å². The molecule has 0 radical (unpaired) electrons. The van der Waals surface area contributed by atoms with Gasteiger partial charge in [0.1, 0.15) is 0 Å². The molecule has 0 spiro atoms. The van der Waals surface area contributed by atoms with Crippen molar-refractivity contribution in [3.63, 3.8) is 0 Å². The first-order valence-corrected chi connectivity index (χ1v) is 8.31. The second-order valence-corrected chi connectivity index (χ2v) is 7.01. The number of urea groups is 1. The van der Waals surface area contributed by atoms with Gasteiger partial charge in [-0.15, -0.1) is 0 Å². The average molecular weight is 306 g/mol. The van der Waals surface area contributed by atoms with E-state index < -0.39 is 0 Å². The molecule has 0 bridgehead atoms. The van der Waals surface area contributed by atoms with Crippen LogP contribution < -0.4 is 5.32 Å². The number of carbonyl (C=O) groups excluding carboxylic acids is 2. The molecular weight excluding hydrogens is 284 g/mol. The number of nitrogens with zero attached hydrogens (tertiary/aromatic N) is 1. The van der Waals surface area contributed by atoms with Crippen molar-refractivity contribution in [2.45, 2.75) is 26.0 Å². The van der Waals surface area contributed by atoms with Gasteiger partial charge in [-0.25, -0.2) is 4.79 Å². The Morgan fingerprint density at radius 1 is 1.38 bits per heavy atom. The second kappa shape index (κ2) is 6.98. The van der Waals surface area contributed by atoms with Crippen molar-refractivity contribution < 1.29 is 9.59 Å². The molecule has 1 saturated heterocycles. The van der Waals surface area contributed by atoms with Crippen LogP contribution in [0.1, 0.15) is 31.1 Å². The van der Waals surface area contributed by atoms with Crippen LogP contribution >= 0.6 is 11.8 Å². The van der Waals surface area contributed by atoms with E-state index in [1.807, 2.05) is 22.7 Å². The van der Waals surface area contributed by atoms with E-state index in [-0.39, 0.29) is 11.8 Å². The lowest BCUT2D eigenvalue weighted by Gasteiger charge is -2.34. The molecule has 1 unspecified atom stereocenters. The Morgan fingerprint density at radius 2 is 2.14 bits per heavy atom. The fraction of sp³-hybridized carbons (Fsp3) is 0.500. The van der Waals surface area contributed by atoms with E-state index in [1.54, 1.807) is 18.2 Å². The van der Waals surface area contributed by atoms with Crippen LogP contribution in [0.25, 0.3) is 0 Å². The minimum atomic E-state index is -0.0818. The fourth-order valence-corrected chi connectivity index (χ4v) is 3.58. The molecule has 1 aliphatic heterocycles. The summed E-state index contributed by atoms with van der Waals surface area (Å²) in [6.45, 7) is 7.45. The smallest absolute Gasteiger partial charge is 0.321 e. The van der Waals surface area contributed by atoms with Crippen molar-refractivity contribution in [3.05, 3.63) is 29.8 Å². The summed E-state index contributed by atoms with van der Waals surface area (Å²) in [7, 11) is 0. The summed E-state index contributed by atoms with van der Waals surface area (Å²) in [6.07, 6.45) is 0. The summed E-state index contributed by atoms with van der Waals surface area (Å²) < 4.78 is 0. The minimum Gasteiger partial charge on any atom is -0.323 e. The molecular formula is C16H22N2O2S. The number of carbonyl (C=O) groups is 2. The maximum atomic E-state index is 12.3. The molecule has 4 nitrogen and oxygen atoms in total. The van der Waals surface area contributed by atoms with Gasteiger partial charge in [0.25, 0.3) is 0 Å². The number of rotatable bonds is 3. The van der Waals surface area contributed by atoms with E-state index in [1.165, 1.54) is 6.92 Å². The van der Waals surface area contributed by atoms with Gasteiger partial charge >= 0.3 is 6.03 Å². The molecule has 0 saturated carbocycles. The number of benzene rings is 1. The number of hydrogen-bond donors (Lipinski definition) is 1.